The Labute approximate surface area is 101 Å². The van der Waals surface area contributed by atoms with Gasteiger partial charge in [-0.15, -0.1) is 0 Å². The van der Waals surface area contributed by atoms with E-state index in [-0.39, 0.29) is 5.60 Å². The fraction of sp³-hybridized carbons (Fsp3) is 0.636. The highest BCUT2D eigenvalue weighted by atomic mass is 16.7. The lowest BCUT2D eigenvalue weighted by molar-refractivity contribution is -0.0762. The van der Waals surface area contributed by atoms with Gasteiger partial charge in [-0.3, -0.25) is 4.84 Å². The van der Waals surface area contributed by atoms with Gasteiger partial charge in [0.2, 0.25) is 11.8 Å². The second-order valence-electron chi connectivity index (χ2n) is 4.41. The summed E-state index contributed by atoms with van der Waals surface area (Å²) < 4.78 is 10.3. The van der Waals surface area contributed by atoms with Crippen molar-refractivity contribution in [2.45, 2.75) is 32.9 Å². The molecule has 1 rings (SSSR count). The molecule has 17 heavy (non-hydrogen) atoms. The van der Waals surface area contributed by atoms with Gasteiger partial charge in [0, 0.05) is 0 Å². The van der Waals surface area contributed by atoms with Gasteiger partial charge in [0.15, 0.2) is 0 Å². The van der Waals surface area contributed by atoms with Crippen LogP contribution < -0.4 is 15.0 Å². The Morgan fingerprint density at radius 3 is 2.06 bits per heavy atom. The quantitative estimate of drug-likeness (QED) is 0.784. The Balaban J connectivity index is 2.74. The molecule has 1 N–H and O–H groups in total. The number of rotatable bonds is 5. The third kappa shape index (κ3) is 4.16. The topological polar surface area (TPSA) is 65.5 Å². The minimum absolute atomic E-state index is 0.268. The molecular weight excluding hydrogens is 222 g/mol. The van der Waals surface area contributed by atoms with E-state index in [2.05, 4.69) is 15.4 Å². The van der Waals surface area contributed by atoms with Crippen LogP contribution in [0, 0.1) is 0 Å². The van der Waals surface area contributed by atoms with E-state index in [1.54, 1.807) is 14.2 Å². The first-order valence-electron chi connectivity index (χ1n) is 5.30. The van der Waals surface area contributed by atoms with Crippen molar-refractivity contribution in [3.05, 3.63) is 11.9 Å². The van der Waals surface area contributed by atoms with Gasteiger partial charge in [-0.25, -0.2) is 9.97 Å². The Morgan fingerprint density at radius 2 is 1.65 bits per heavy atom. The van der Waals surface area contributed by atoms with Crippen LogP contribution in [0.5, 0.6) is 11.8 Å². The zero-order chi connectivity index (χ0) is 12.9. The SMILES string of the molecule is COc1ncnc(OC)c1CNOC(C)(C)C. The highest BCUT2D eigenvalue weighted by Gasteiger charge is 2.15. The zero-order valence-electron chi connectivity index (χ0n) is 10.9. The molecule has 0 aliphatic heterocycles. The smallest absolute Gasteiger partial charge is 0.224 e. The summed E-state index contributed by atoms with van der Waals surface area (Å²) in [5.74, 6) is 0.948. The summed E-state index contributed by atoms with van der Waals surface area (Å²) in [5, 5.41) is 0. The first-order valence-corrected chi connectivity index (χ1v) is 5.30. The first-order chi connectivity index (χ1) is 7.98. The largest absolute Gasteiger partial charge is 0.481 e. The van der Waals surface area contributed by atoms with Crippen molar-refractivity contribution >= 4 is 0 Å². The Morgan fingerprint density at radius 1 is 1.12 bits per heavy atom. The van der Waals surface area contributed by atoms with Crippen molar-refractivity contribution in [2.75, 3.05) is 14.2 Å². The molecule has 6 heteroatoms. The van der Waals surface area contributed by atoms with Crippen LogP contribution in [0.25, 0.3) is 0 Å². The number of ether oxygens (including phenoxy) is 2. The summed E-state index contributed by atoms with van der Waals surface area (Å²) in [7, 11) is 3.10. The summed E-state index contributed by atoms with van der Waals surface area (Å²) >= 11 is 0. The van der Waals surface area contributed by atoms with Gasteiger partial charge in [-0.05, 0) is 20.8 Å². The summed E-state index contributed by atoms with van der Waals surface area (Å²) in [4.78, 5) is 13.4. The number of hydrogen-bond acceptors (Lipinski definition) is 6. The van der Waals surface area contributed by atoms with Crippen LogP contribution in [0.3, 0.4) is 0 Å². The van der Waals surface area contributed by atoms with Gasteiger partial charge >= 0.3 is 0 Å². The van der Waals surface area contributed by atoms with Gasteiger partial charge in [-0.2, -0.15) is 5.48 Å². The standard InChI is InChI=1S/C11H19N3O3/c1-11(2,3)17-14-6-8-9(15-4)12-7-13-10(8)16-5/h7,14H,6H2,1-5H3. The van der Waals surface area contributed by atoms with Crippen molar-refractivity contribution in [3.8, 4) is 11.8 Å². The molecule has 0 saturated carbocycles. The van der Waals surface area contributed by atoms with Gasteiger partial charge in [0.1, 0.15) is 6.33 Å². The second kappa shape index (κ2) is 5.79. The van der Waals surface area contributed by atoms with Crippen LogP contribution >= 0.6 is 0 Å². The minimum Gasteiger partial charge on any atom is -0.481 e. The van der Waals surface area contributed by atoms with Crippen molar-refractivity contribution < 1.29 is 14.3 Å². The Hall–Kier alpha value is -1.40. The molecule has 0 amide bonds. The maximum atomic E-state index is 5.42. The van der Waals surface area contributed by atoms with E-state index < -0.39 is 0 Å². The second-order valence-corrected chi connectivity index (χ2v) is 4.41. The fourth-order valence-corrected chi connectivity index (χ4v) is 1.21. The molecule has 0 unspecified atom stereocenters. The summed E-state index contributed by atoms with van der Waals surface area (Å²) in [6.45, 7) is 6.27. The molecule has 0 bridgehead atoms. The van der Waals surface area contributed by atoms with E-state index in [0.717, 1.165) is 5.56 Å². The summed E-state index contributed by atoms with van der Waals surface area (Å²) in [5.41, 5.74) is 3.31. The van der Waals surface area contributed by atoms with E-state index in [4.69, 9.17) is 14.3 Å². The van der Waals surface area contributed by atoms with Crippen LogP contribution in [-0.4, -0.2) is 29.8 Å². The number of aromatic nitrogens is 2. The normalized spacial score (nSPS) is 11.4. The zero-order valence-corrected chi connectivity index (χ0v) is 10.9. The molecule has 96 valence electrons. The molecule has 6 nitrogen and oxygen atoms in total. The van der Waals surface area contributed by atoms with E-state index in [0.29, 0.717) is 18.3 Å². The monoisotopic (exact) mass is 241 g/mol. The molecule has 0 aromatic carbocycles. The Kier molecular flexibility index (Phi) is 4.65. The molecule has 1 aromatic rings. The number of nitrogens with one attached hydrogen (secondary N) is 1. The van der Waals surface area contributed by atoms with Crippen LogP contribution in [0.2, 0.25) is 0 Å². The lowest BCUT2D eigenvalue weighted by Crippen LogP contribution is -2.29. The fourth-order valence-electron chi connectivity index (χ4n) is 1.21. The highest BCUT2D eigenvalue weighted by Crippen LogP contribution is 2.23. The molecule has 0 fully saturated rings. The highest BCUT2D eigenvalue weighted by molar-refractivity contribution is 5.33. The lowest BCUT2D eigenvalue weighted by atomic mass is 10.2. The maximum absolute atomic E-state index is 5.42. The Bertz CT molecular complexity index is 341. The van der Waals surface area contributed by atoms with Crippen LogP contribution in [0.4, 0.5) is 0 Å². The molecule has 0 radical (unpaired) electrons. The predicted octanol–water partition coefficient (Wildman–Crippen LogP) is 1.31. The molecule has 1 heterocycles. The summed E-state index contributed by atoms with van der Waals surface area (Å²) in [6, 6.07) is 0. The molecule has 0 atom stereocenters. The van der Waals surface area contributed by atoms with Crippen molar-refractivity contribution in [2.24, 2.45) is 0 Å². The number of methoxy groups -OCH3 is 2. The number of nitrogens with zero attached hydrogens (tertiary/aromatic N) is 2. The summed E-state index contributed by atoms with van der Waals surface area (Å²) in [6.07, 6.45) is 1.39. The van der Waals surface area contributed by atoms with Gasteiger partial charge in [0.05, 0.1) is 31.9 Å². The number of hydroxylamine groups is 1. The van der Waals surface area contributed by atoms with Crippen molar-refractivity contribution in [1.82, 2.24) is 15.4 Å². The minimum atomic E-state index is -0.268. The van der Waals surface area contributed by atoms with Gasteiger partial charge in [0.25, 0.3) is 0 Å². The third-order valence-electron chi connectivity index (χ3n) is 1.88. The first kappa shape index (κ1) is 13.7. The average Bonchev–Trinajstić information content (AvgIpc) is 2.27. The van der Waals surface area contributed by atoms with Crippen molar-refractivity contribution in [3.63, 3.8) is 0 Å². The van der Waals surface area contributed by atoms with E-state index in [9.17, 15) is 0 Å². The van der Waals surface area contributed by atoms with Crippen molar-refractivity contribution in [1.29, 1.82) is 0 Å². The van der Waals surface area contributed by atoms with Crippen LogP contribution in [0.15, 0.2) is 6.33 Å². The molecular formula is C11H19N3O3. The molecule has 0 aliphatic carbocycles. The van der Waals surface area contributed by atoms with Gasteiger partial charge < -0.3 is 9.47 Å². The average molecular weight is 241 g/mol. The molecule has 0 saturated heterocycles. The lowest BCUT2D eigenvalue weighted by Gasteiger charge is -2.20. The third-order valence-corrected chi connectivity index (χ3v) is 1.88. The van der Waals surface area contributed by atoms with Crippen LogP contribution in [-0.2, 0) is 11.4 Å². The van der Waals surface area contributed by atoms with E-state index in [1.807, 2.05) is 20.8 Å². The molecule has 1 aromatic heterocycles. The molecule has 0 spiro atoms. The van der Waals surface area contributed by atoms with Gasteiger partial charge in [-0.1, -0.05) is 0 Å². The van der Waals surface area contributed by atoms with Crippen LogP contribution in [0.1, 0.15) is 26.3 Å². The van der Waals surface area contributed by atoms with E-state index >= 15 is 0 Å². The van der Waals surface area contributed by atoms with E-state index in [1.165, 1.54) is 6.33 Å². The maximum Gasteiger partial charge on any atom is 0.224 e. The predicted molar refractivity (Wildman–Crippen MR) is 62.8 cm³/mol. The molecule has 0 aliphatic rings. The number of hydrogen-bond donors (Lipinski definition) is 1.